The molecule has 0 spiro atoms. The lowest BCUT2D eigenvalue weighted by atomic mass is 10.2. The Kier molecular flexibility index (Phi) is 5.79. The minimum atomic E-state index is 0.633. The predicted molar refractivity (Wildman–Crippen MR) is 45.0 cm³/mol. The van der Waals surface area contributed by atoms with Crippen molar-refractivity contribution in [2.24, 2.45) is 0 Å². The molecule has 0 aliphatic carbocycles. The van der Waals surface area contributed by atoms with Gasteiger partial charge in [-0.2, -0.15) is 0 Å². The van der Waals surface area contributed by atoms with Crippen LogP contribution in [-0.4, -0.2) is 13.7 Å². The van der Waals surface area contributed by atoms with Gasteiger partial charge in [0.2, 0.25) is 0 Å². The van der Waals surface area contributed by atoms with Crippen molar-refractivity contribution in [3.05, 3.63) is 36.5 Å². The van der Waals surface area contributed by atoms with E-state index in [0.717, 1.165) is 5.57 Å². The smallest absolute Gasteiger partial charge is 0.0712 e. The molecule has 0 radical (unpaired) electrons. The molecule has 0 N–H and O–H groups in total. The molecule has 0 aromatic heterocycles. The largest absolute Gasteiger partial charge is 0.380 e. The third kappa shape index (κ3) is 4.10. The zero-order valence-corrected chi connectivity index (χ0v) is 6.63. The molecule has 0 saturated carbocycles. The summed E-state index contributed by atoms with van der Waals surface area (Å²) in [5.41, 5.74) is 1.10. The molecule has 56 valence electrons. The van der Waals surface area contributed by atoms with Crippen LogP contribution in [-0.2, 0) is 4.74 Å². The van der Waals surface area contributed by atoms with Crippen molar-refractivity contribution >= 4 is 0 Å². The summed E-state index contributed by atoms with van der Waals surface area (Å²) in [6.45, 7) is 6.26. The monoisotopic (exact) mass is 138 g/mol. The van der Waals surface area contributed by atoms with E-state index in [9.17, 15) is 0 Å². The first-order chi connectivity index (χ1) is 4.85. The van der Waals surface area contributed by atoms with Crippen LogP contribution in [0.5, 0.6) is 0 Å². The van der Waals surface area contributed by atoms with Crippen LogP contribution in [0.15, 0.2) is 36.5 Å². The minimum absolute atomic E-state index is 0.633. The first-order valence-corrected chi connectivity index (χ1v) is 3.28. The Morgan fingerprint density at radius 2 is 2.30 bits per heavy atom. The molecular weight excluding hydrogens is 124 g/mol. The van der Waals surface area contributed by atoms with Gasteiger partial charge >= 0.3 is 0 Å². The number of hydrogen-bond donors (Lipinski definition) is 0. The fraction of sp³-hybridized carbons (Fsp3) is 0.333. The van der Waals surface area contributed by atoms with Crippen LogP contribution < -0.4 is 0 Å². The highest BCUT2D eigenvalue weighted by molar-refractivity contribution is 5.22. The summed E-state index contributed by atoms with van der Waals surface area (Å²) in [7, 11) is 1.67. The summed E-state index contributed by atoms with van der Waals surface area (Å²) in [6, 6.07) is 0. The number of allylic oxidation sites excluding steroid dienone is 3. The molecule has 1 nitrogen and oxygen atoms in total. The first-order valence-electron chi connectivity index (χ1n) is 3.28. The van der Waals surface area contributed by atoms with E-state index in [2.05, 4.69) is 6.58 Å². The standard InChI is InChI=1S/C9H14O/c1-4-6-7-9(5-2)8-10-3/h4-7H,2,8H2,1,3H3/b6-4-,9-7+. The maximum absolute atomic E-state index is 4.92. The average Bonchev–Trinajstić information content (AvgIpc) is 1.98. The molecule has 0 fully saturated rings. The van der Waals surface area contributed by atoms with Gasteiger partial charge in [-0.15, -0.1) is 0 Å². The lowest BCUT2D eigenvalue weighted by molar-refractivity contribution is 0.228. The van der Waals surface area contributed by atoms with Gasteiger partial charge in [0.25, 0.3) is 0 Å². The van der Waals surface area contributed by atoms with Crippen LogP contribution in [0, 0.1) is 0 Å². The molecule has 1 heteroatoms. The van der Waals surface area contributed by atoms with E-state index < -0.39 is 0 Å². The second kappa shape index (κ2) is 6.30. The zero-order valence-electron chi connectivity index (χ0n) is 6.63. The zero-order chi connectivity index (χ0) is 7.82. The fourth-order valence-corrected chi connectivity index (χ4v) is 0.562. The number of ether oxygens (including phenoxy) is 1. The van der Waals surface area contributed by atoms with Crippen molar-refractivity contribution < 1.29 is 4.74 Å². The summed E-state index contributed by atoms with van der Waals surface area (Å²) in [5.74, 6) is 0. The highest BCUT2D eigenvalue weighted by atomic mass is 16.5. The number of hydrogen-bond acceptors (Lipinski definition) is 1. The Hall–Kier alpha value is -0.820. The Morgan fingerprint density at radius 3 is 2.70 bits per heavy atom. The van der Waals surface area contributed by atoms with E-state index in [0.29, 0.717) is 6.61 Å². The molecule has 0 amide bonds. The van der Waals surface area contributed by atoms with E-state index in [4.69, 9.17) is 4.74 Å². The Balaban J connectivity index is 3.90. The van der Waals surface area contributed by atoms with Crippen LogP contribution >= 0.6 is 0 Å². The van der Waals surface area contributed by atoms with E-state index in [1.165, 1.54) is 0 Å². The van der Waals surface area contributed by atoms with Gasteiger partial charge in [-0.3, -0.25) is 0 Å². The van der Waals surface area contributed by atoms with Crippen molar-refractivity contribution in [1.82, 2.24) is 0 Å². The van der Waals surface area contributed by atoms with Crippen LogP contribution in [0.3, 0.4) is 0 Å². The number of rotatable bonds is 4. The summed E-state index contributed by atoms with van der Waals surface area (Å²) < 4.78 is 4.92. The van der Waals surface area contributed by atoms with E-state index >= 15 is 0 Å². The summed E-state index contributed by atoms with van der Waals surface area (Å²) in [5, 5.41) is 0. The molecule has 0 unspecified atom stereocenters. The lowest BCUT2D eigenvalue weighted by Crippen LogP contribution is -1.89. The predicted octanol–water partition coefficient (Wildman–Crippen LogP) is 2.32. The van der Waals surface area contributed by atoms with Crippen LogP contribution in [0.2, 0.25) is 0 Å². The second-order valence-corrected chi connectivity index (χ2v) is 1.90. The van der Waals surface area contributed by atoms with Crippen molar-refractivity contribution in [3.63, 3.8) is 0 Å². The quantitative estimate of drug-likeness (QED) is 0.542. The molecule has 0 aromatic carbocycles. The SMILES string of the molecule is C=C/C(=C\C=C/C)COC. The van der Waals surface area contributed by atoms with Crippen LogP contribution in [0.4, 0.5) is 0 Å². The van der Waals surface area contributed by atoms with Gasteiger partial charge in [-0.05, 0) is 12.5 Å². The highest BCUT2D eigenvalue weighted by Crippen LogP contribution is 1.95. The molecule has 0 atom stereocenters. The van der Waals surface area contributed by atoms with Gasteiger partial charge in [0.05, 0.1) is 6.61 Å². The fourth-order valence-electron chi connectivity index (χ4n) is 0.562. The lowest BCUT2D eigenvalue weighted by Gasteiger charge is -1.95. The maximum atomic E-state index is 4.92. The van der Waals surface area contributed by atoms with Gasteiger partial charge in [-0.25, -0.2) is 0 Å². The molecule has 0 aromatic rings. The van der Waals surface area contributed by atoms with Gasteiger partial charge in [0, 0.05) is 7.11 Å². The molecule has 10 heavy (non-hydrogen) atoms. The third-order valence-electron chi connectivity index (χ3n) is 1.08. The maximum Gasteiger partial charge on any atom is 0.0712 e. The molecule has 0 rings (SSSR count). The van der Waals surface area contributed by atoms with E-state index in [-0.39, 0.29) is 0 Å². The Labute approximate surface area is 62.7 Å². The van der Waals surface area contributed by atoms with Crippen molar-refractivity contribution in [1.29, 1.82) is 0 Å². The van der Waals surface area contributed by atoms with Crippen molar-refractivity contribution in [2.45, 2.75) is 6.92 Å². The van der Waals surface area contributed by atoms with Gasteiger partial charge in [0.1, 0.15) is 0 Å². The highest BCUT2D eigenvalue weighted by Gasteiger charge is 1.84. The molecular formula is C9H14O. The Bertz CT molecular complexity index is 143. The average molecular weight is 138 g/mol. The number of methoxy groups -OCH3 is 1. The van der Waals surface area contributed by atoms with Crippen LogP contribution in [0.25, 0.3) is 0 Å². The molecule has 0 bridgehead atoms. The molecule has 0 saturated heterocycles. The second-order valence-electron chi connectivity index (χ2n) is 1.90. The van der Waals surface area contributed by atoms with Gasteiger partial charge < -0.3 is 4.74 Å². The van der Waals surface area contributed by atoms with Crippen molar-refractivity contribution in [3.8, 4) is 0 Å². The van der Waals surface area contributed by atoms with E-state index in [1.807, 2.05) is 25.2 Å². The minimum Gasteiger partial charge on any atom is -0.380 e. The Morgan fingerprint density at radius 1 is 1.60 bits per heavy atom. The van der Waals surface area contributed by atoms with Crippen molar-refractivity contribution in [2.75, 3.05) is 13.7 Å². The normalized spacial score (nSPS) is 12.4. The molecule has 0 aliphatic rings. The molecule has 0 heterocycles. The first kappa shape index (κ1) is 9.18. The van der Waals surface area contributed by atoms with Gasteiger partial charge in [0.15, 0.2) is 0 Å². The van der Waals surface area contributed by atoms with Crippen LogP contribution in [0.1, 0.15) is 6.92 Å². The van der Waals surface area contributed by atoms with E-state index in [1.54, 1.807) is 13.2 Å². The molecule has 0 aliphatic heterocycles. The summed E-state index contributed by atoms with van der Waals surface area (Å²) in [4.78, 5) is 0. The topological polar surface area (TPSA) is 9.23 Å². The summed E-state index contributed by atoms with van der Waals surface area (Å²) >= 11 is 0. The third-order valence-corrected chi connectivity index (χ3v) is 1.08. The van der Waals surface area contributed by atoms with Gasteiger partial charge in [-0.1, -0.05) is 30.9 Å². The summed E-state index contributed by atoms with van der Waals surface area (Å²) in [6.07, 6.45) is 7.72.